The van der Waals surface area contributed by atoms with Gasteiger partial charge in [-0.05, 0) is 74.3 Å². The van der Waals surface area contributed by atoms with Gasteiger partial charge in [-0.3, -0.25) is 9.80 Å². The van der Waals surface area contributed by atoms with Gasteiger partial charge in [0.25, 0.3) is 0 Å². The molecule has 2 aromatic rings. The molecule has 0 aliphatic heterocycles. The van der Waals surface area contributed by atoms with E-state index in [-0.39, 0.29) is 17.0 Å². The van der Waals surface area contributed by atoms with Crippen molar-refractivity contribution in [1.29, 1.82) is 0 Å². The Bertz CT molecular complexity index is 976. The van der Waals surface area contributed by atoms with Gasteiger partial charge in [0.15, 0.2) is 0 Å². The van der Waals surface area contributed by atoms with Crippen LogP contribution < -0.4 is 16.1 Å². The van der Waals surface area contributed by atoms with Crippen molar-refractivity contribution >= 4 is 29.9 Å². The van der Waals surface area contributed by atoms with Crippen LogP contribution in [0.2, 0.25) is 5.02 Å². The van der Waals surface area contributed by atoms with Crippen molar-refractivity contribution in [3.8, 4) is 0 Å². The molecule has 35 heavy (non-hydrogen) atoms. The first kappa shape index (κ1) is 28.7. The number of anilines is 1. The summed E-state index contributed by atoms with van der Waals surface area (Å²) in [6.07, 6.45) is 6.86. The molecular formula is C26H34ClF3N4O. The SMILES string of the molecule is C/C=N\N(CC(CC)CCNC=O)c1ccc(F)c(Cl)c1.NC1CC[C@H](c2ccc(F)cc2F)C1. The molecule has 0 bridgehead atoms. The van der Waals surface area contributed by atoms with E-state index in [0.29, 0.717) is 31.0 Å². The Morgan fingerprint density at radius 3 is 2.54 bits per heavy atom. The van der Waals surface area contributed by atoms with Gasteiger partial charge in [-0.15, -0.1) is 0 Å². The molecule has 192 valence electrons. The van der Waals surface area contributed by atoms with Crippen molar-refractivity contribution in [1.82, 2.24) is 5.32 Å². The molecule has 3 N–H and O–H groups in total. The predicted octanol–water partition coefficient (Wildman–Crippen LogP) is 6.01. The highest BCUT2D eigenvalue weighted by atomic mass is 35.5. The number of benzene rings is 2. The van der Waals surface area contributed by atoms with Gasteiger partial charge in [-0.1, -0.05) is 31.0 Å². The molecule has 3 atom stereocenters. The summed E-state index contributed by atoms with van der Waals surface area (Å²) in [5, 5.41) is 8.87. The Labute approximate surface area is 210 Å². The molecule has 2 aromatic carbocycles. The molecule has 3 rings (SSSR count). The van der Waals surface area contributed by atoms with E-state index in [9.17, 15) is 18.0 Å². The molecule has 0 radical (unpaired) electrons. The maximum absolute atomic E-state index is 13.3. The van der Waals surface area contributed by atoms with E-state index in [1.54, 1.807) is 23.4 Å². The number of carbonyl (C=O) groups excluding carboxylic acids is 1. The van der Waals surface area contributed by atoms with Crippen LogP contribution in [0.4, 0.5) is 18.9 Å². The molecule has 1 saturated carbocycles. The molecule has 0 spiro atoms. The smallest absolute Gasteiger partial charge is 0.207 e. The molecule has 1 amide bonds. The molecule has 0 saturated heterocycles. The fourth-order valence-electron chi connectivity index (χ4n) is 4.15. The number of nitrogens with two attached hydrogens (primary N) is 1. The van der Waals surface area contributed by atoms with E-state index in [1.165, 1.54) is 18.2 Å². The third-order valence-electron chi connectivity index (χ3n) is 6.12. The van der Waals surface area contributed by atoms with Crippen LogP contribution in [-0.2, 0) is 4.79 Å². The Morgan fingerprint density at radius 2 is 1.97 bits per heavy atom. The fraction of sp³-hybridized carbons (Fsp3) is 0.462. The number of carbonyl (C=O) groups is 1. The Kier molecular flexibility index (Phi) is 12.1. The van der Waals surface area contributed by atoms with E-state index in [4.69, 9.17) is 17.3 Å². The third-order valence-corrected chi connectivity index (χ3v) is 6.41. The number of halogens is 4. The van der Waals surface area contributed by atoms with Crippen molar-refractivity contribution in [2.24, 2.45) is 16.8 Å². The minimum absolute atomic E-state index is 0.0828. The zero-order chi connectivity index (χ0) is 25.8. The third kappa shape index (κ3) is 9.18. The lowest BCUT2D eigenvalue weighted by Gasteiger charge is -2.24. The molecule has 5 nitrogen and oxygen atoms in total. The van der Waals surface area contributed by atoms with E-state index >= 15 is 0 Å². The molecule has 1 aliphatic carbocycles. The van der Waals surface area contributed by atoms with Crippen molar-refractivity contribution in [2.75, 3.05) is 18.1 Å². The number of nitrogens with one attached hydrogen (secondary N) is 1. The van der Waals surface area contributed by atoms with Crippen LogP contribution in [0, 0.1) is 23.4 Å². The number of nitrogens with zero attached hydrogens (tertiary/aromatic N) is 2. The van der Waals surface area contributed by atoms with Crippen LogP contribution in [0.5, 0.6) is 0 Å². The van der Waals surface area contributed by atoms with E-state index in [0.717, 1.165) is 43.9 Å². The second-order valence-corrected chi connectivity index (χ2v) is 9.03. The van der Waals surface area contributed by atoms with Crippen molar-refractivity contribution in [2.45, 2.75) is 57.9 Å². The monoisotopic (exact) mass is 510 g/mol. The van der Waals surface area contributed by atoms with Crippen LogP contribution in [0.3, 0.4) is 0 Å². The van der Waals surface area contributed by atoms with Crippen LogP contribution in [0.15, 0.2) is 41.5 Å². The highest BCUT2D eigenvalue weighted by Gasteiger charge is 2.25. The van der Waals surface area contributed by atoms with Crippen LogP contribution in [0.25, 0.3) is 0 Å². The number of rotatable bonds is 10. The second kappa shape index (κ2) is 14.7. The van der Waals surface area contributed by atoms with Gasteiger partial charge in [-0.2, -0.15) is 5.10 Å². The Hall–Kier alpha value is -2.58. The summed E-state index contributed by atoms with van der Waals surface area (Å²) in [4.78, 5) is 10.3. The normalized spacial score (nSPS) is 18.1. The van der Waals surface area contributed by atoms with Gasteiger partial charge in [0.2, 0.25) is 6.41 Å². The van der Waals surface area contributed by atoms with Gasteiger partial charge in [0.1, 0.15) is 17.5 Å². The molecule has 2 unspecified atom stereocenters. The maximum Gasteiger partial charge on any atom is 0.207 e. The number of hydrogen-bond acceptors (Lipinski definition) is 4. The maximum atomic E-state index is 13.3. The Balaban J connectivity index is 0.000000266. The summed E-state index contributed by atoms with van der Waals surface area (Å²) >= 11 is 5.83. The molecule has 1 fully saturated rings. The predicted molar refractivity (Wildman–Crippen MR) is 136 cm³/mol. The zero-order valence-electron chi connectivity index (χ0n) is 20.2. The van der Waals surface area contributed by atoms with Gasteiger partial charge < -0.3 is 11.1 Å². The summed E-state index contributed by atoms with van der Waals surface area (Å²) in [7, 11) is 0. The largest absolute Gasteiger partial charge is 0.359 e. The average Bonchev–Trinajstić information content (AvgIpc) is 3.26. The number of amides is 1. The lowest BCUT2D eigenvalue weighted by Crippen LogP contribution is -2.27. The number of hydrogen-bond donors (Lipinski definition) is 2. The van der Waals surface area contributed by atoms with Crippen molar-refractivity contribution in [3.63, 3.8) is 0 Å². The minimum atomic E-state index is -0.520. The first-order chi connectivity index (χ1) is 16.8. The van der Waals surface area contributed by atoms with Crippen molar-refractivity contribution in [3.05, 3.63) is 64.4 Å². The quantitative estimate of drug-likeness (QED) is 0.178. The summed E-state index contributed by atoms with van der Waals surface area (Å²) in [5.41, 5.74) is 7.11. The van der Waals surface area contributed by atoms with Gasteiger partial charge >= 0.3 is 0 Å². The zero-order valence-corrected chi connectivity index (χ0v) is 20.9. The second-order valence-electron chi connectivity index (χ2n) is 8.63. The Morgan fingerprint density at radius 1 is 1.20 bits per heavy atom. The summed E-state index contributed by atoms with van der Waals surface area (Å²) < 4.78 is 39.2. The summed E-state index contributed by atoms with van der Waals surface area (Å²) in [6, 6.07) is 8.52. The fourth-order valence-corrected chi connectivity index (χ4v) is 4.33. The minimum Gasteiger partial charge on any atom is -0.359 e. The van der Waals surface area contributed by atoms with Crippen LogP contribution in [-0.4, -0.2) is 31.8 Å². The summed E-state index contributed by atoms with van der Waals surface area (Å²) in [5.74, 6) is -0.865. The van der Waals surface area contributed by atoms with Gasteiger partial charge in [0, 0.05) is 31.4 Å². The highest BCUT2D eigenvalue weighted by molar-refractivity contribution is 6.31. The van der Waals surface area contributed by atoms with Gasteiger partial charge in [-0.25, -0.2) is 13.2 Å². The first-order valence-electron chi connectivity index (χ1n) is 11.9. The van der Waals surface area contributed by atoms with Crippen molar-refractivity contribution < 1.29 is 18.0 Å². The average molecular weight is 511 g/mol. The lowest BCUT2D eigenvalue weighted by molar-refractivity contribution is -0.109. The summed E-state index contributed by atoms with van der Waals surface area (Å²) in [6.45, 7) is 5.24. The molecule has 9 heteroatoms. The first-order valence-corrected chi connectivity index (χ1v) is 12.3. The standard InChI is InChI=1S/C15H21ClFN3O.C11H13F2N/c1-3-12(7-8-18-11-21)10-20(19-4-2)13-5-6-15(17)14(16)9-13;12-8-2-4-10(11(13)6-8)7-1-3-9(14)5-7/h4-6,9,11-12H,3,7-8,10H2,1-2H3,(H,18,21);2,4,6-7,9H,1,3,5,14H2/b19-4-;/t;7-,9?/m.0/s1. The molecule has 1 aliphatic rings. The topological polar surface area (TPSA) is 70.7 Å². The van der Waals surface area contributed by atoms with Crippen LogP contribution in [0.1, 0.15) is 57.4 Å². The number of hydrazone groups is 1. The van der Waals surface area contributed by atoms with E-state index in [1.807, 2.05) is 6.92 Å². The molecule has 0 aromatic heterocycles. The van der Waals surface area contributed by atoms with E-state index in [2.05, 4.69) is 17.3 Å². The van der Waals surface area contributed by atoms with E-state index < -0.39 is 17.5 Å². The highest BCUT2D eigenvalue weighted by Crippen LogP contribution is 2.34. The van der Waals surface area contributed by atoms with Crippen LogP contribution >= 0.6 is 11.6 Å². The van der Waals surface area contributed by atoms with Gasteiger partial charge in [0.05, 0.1) is 10.7 Å². The lowest BCUT2D eigenvalue weighted by atomic mass is 9.97. The molecular weight excluding hydrogens is 477 g/mol. The molecule has 0 heterocycles.